The zero-order valence-electron chi connectivity index (χ0n) is 15.5. The molecule has 3 aliphatic rings. The molecule has 1 aliphatic carbocycles. The number of nitrogens with zero attached hydrogens (tertiary/aromatic N) is 1. The Labute approximate surface area is 154 Å². The van der Waals surface area contributed by atoms with Crippen LogP contribution in [-0.2, 0) is 16.0 Å². The molecule has 4 rings (SSSR count). The number of methoxy groups -OCH3 is 1. The third kappa shape index (κ3) is 2.70. The van der Waals surface area contributed by atoms with Crippen molar-refractivity contribution in [1.29, 1.82) is 0 Å². The average Bonchev–Trinajstić information content (AvgIpc) is 3.11. The molecule has 2 aliphatic heterocycles. The van der Waals surface area contributed by atoms with Crippen molar-refractivity contribution in [3.05, 3.63) is 41.5 Å². The zero-order valence-corrected chi connectivity index (χ0v) is 15.5. The molecule has 2 fully saturated rings. The number of benzene rings is 1. The molecule has 5 heteroatoms. The lowest BCUT2D eigenvalue weighted by molar-refractivity contribution is -0.142. The summed E-state index contributed by atoms with van der Waals surface area (Å²) in [4.78, 5) is 28.2. The topological polar surface area (TPSA) is 58.6 Å². The van der Waals surface area contributed by atoms with Gasteiger partial charge in [0.2, 0.25) is 11.8 Å². The molecular formula is C21H26N2O3. The molecule has 5 nitrogen and oxygen atoms in total. The highest BCUT2D eigenvalue weighted by Crippen LogP contribution is 2.42. The van der Waals surface area contributed by atoms with Crippen LogP contribution in [0.4, 0.5) is 0 Å². The molecule has 0 spiro atoms. The Balaban J connectivity index is 1.76. The van der Waals surface area contributed by atoms with Crippen LogP contribution in [0.15, 0.2) is 35.9 Å². The average molecular weight is 354 g/mol. The van der Waals surface area contributed by atoms with Gasteiger partial charge < -0.3 is 15.0 Å². The van der Waals surface area contributed by atoms with Gasteiger partial charge in [0.05, 0.1) is 12.5 Å². The van der Waals surface area contributed by atoms with Crippen LogP contribution < -0.4 is 10.1 Å². The molecule has 1 aromatic carbocycles. The van der Waals surface area contributed by atoms with Crippen LogP contribution in [0, 0.1) is 5.41 Å². The fourth-order valence-electron chi connectivity index (χ4n) is 4.80. The Kier molecular flexibility index (Phi) is 4.25. The normalized spacial score (nSPS) is 30.8. The van der Waals surface area contributed by atoms with Gasteiger partial charge in [-0.25, -0.2) is 0 Å². The first kappa shape index (κ1) is 17.1. The van der Waals surface area contributed by atoms with E-state index in [0.29, 0.717) is 13.0 Å². The third-order valence-electron chi connectivity index (χ3n) is 6.14. The van der Waals surface area contributed by atoms with E-state index < -0.39 is 5.41 Å². The summed E-state index contributed by atoms with van der Waals surface area (Å²) in [6.07, 6.45) is 6.14. The molecule has 2 saturated heterocycles. The summed E-state index contributed by atoms with van der Waals surface area (Å²) in [6.45, 7) is 2.77. The number of rotatable bonds is 3. The van der Waals surface area contributed by atoms with Gasteiger partial charge in [0.1, 0.15) is 11.8 Å². The molecule has 2 heterocycles. The van der Waals surface area contributed by atoms with E-state index in [1.54, 1.807) is 7.11 Å². The smallest absolute Gasteiger partial charge is 0.243 e. The number of hydrogen-bond donors (Lipinski definition) is 1. The number of allylic oxidation sites excluding steroid dienone is 1. The maximum atomic E-state index is 13.7. The summed E-state index contributed by atoms with van der Waals surface area (Å²) in [7, 11) is 1.65. The predicted octanol–water partition coefficient (Wildman–Crippen LogP) is 2.45. The molecule has 0 radical (unpaired) electrons. The van der Waals surface area contributed by atoms with Crippen molar-refractivity contribution in [2.45, 2.75) is 51.1 Å². The number of amides is 2. The summed E-state index contributed by atoms with van der Waals surface area (Å²) in [5, 5.41) is 3.22. The number of carbonyl (C=O) groups is 2. The minimum absolute atomic E-state index is 0.0189. The van der Waals surface area contributed by atoms with Gasteiger partial charge in [-0.05, 0) is 56.7 Å². The second kappa shape index (κ2) is 6.45. The van der Waals surface area contributed by atoms with Gasteiger partial charge in [0.25, 0.3) is 0 Å². The highest BCUT2D eigenvalue weighted by atomic mass is 16.5. The quantitative estimate of drug-likeness (QED) is 0.849. The van der Waals surface area contributed by atoms with E-state index in [4.69, 9.17) is 4.74 Å². The Hall–Kier alpha value is -2.30. The minimum atomic E-state index is -0.689. The van der Waals surface area contributed by atoms with E-state index in [9.17, 15) is 9.59 Å². The van der Waals surface area contributed by atoms with Gasteiger partial charge in [0, 0.05) is 12.6 Å². The van der Waals surface area contributed by atoms with Crippen LogP contribution in [0.2, 0.25) is 0 Å². The standard InChI is InChI=1S/C21H26N2O3/c1-14-5-10-18-21(12-14,13-15-6-8-16(26-2)9-7-15)20(25)23-11-3-4-17(23)19(24)22-18/h6-9,12,17-18H,3-5,10-11,13H2,1-2H3,(H,22,24)/t17-,18-,21-/m0/s1. The molecular weight excluding hydrogens is 328 g/mol. The molecule has 1 aromatic rings. The van der Waals surface area contributed by atoms with Crippen molar-refractivity contribution in [1.82, 2.24) is 10.2 Å². The lowest BCUT2D eigenvalue weighted by Gasteiger charge is -2.41. The summed E-state index contributed by atoms with van der Waals surface area (Å²) in [5.74, 6) is 0.932. The fraction of sp³-hybridized carbons (Fsp3) is 0.524. The van der Waals surface area contributed by atoms with Crippen molar-refractivity contribution >= 4 is 11.8 Å². The molecule has 0 unspecified atom stereocenters. The van der Waals surface area contributed by atoms with Gasteiger partial charge >= 0.3 is 0 Å². The Morgan fingerprint density at radius 2 is 2.00 bits per heavy atom. The lowest BCUT2D eigenvalue weighted by Crippen LogP contribution is -2.53. The van der Waals surface area contributed by atoms with Crippen LogP contribution in [0.5, 0.6) is 5.75 Å². The molecule has 0 bridgehead atoms. The Morgan fingerprint density at radius 3 is 2.73 bits per heavy atom. The molecule has 26 heavy (non-hydrogen) atoms. The highest BCUT2D eigenvalue weighted by Gasteiger charge is 2.53. The van der Waals surface area contributed by atoms with Crippen molar-refractivity contribution in [2.24, 2.45) is 5.41 Å². The minimum Gasteiger partial charge on any atom is -0.497 e. The lowest BCUT2D eigenvalue weighted by atomic mass is 9.68. The number of carbonyl (C=O) groups excluding carboxylic acids is 2. The second-order valence-corrected chi connectivity index (χ2v) is 7.81. The maximum absolute atomic E-state index is 13.7. The van der Waals surface area contributed by atoms with E-state index in [0.717, 1.165) is 37.0 Å². The monoisotopic (exact) mass is 354 g/mol. The molecule has 0 saturated carbocycles. The zero-order chi connectivity index (χ0) is 18.3. The third-order valence-corrected chi connectivity index (χ3v) is 6.14. The van der Waals surface area contributed by atoms with Crippen LogP contribution >= 0.6 is 0 Å². The predicted molar refractivity (Wildman–Crippen MR) is 98.8 cm³/mol. The molecule has 2 amide bonds. The van der Waals surface area contributed by atoms with Crippen molar-refractivity contribution in [2.75, 3.05) is 13.7 Å². The first-order valence-corrected chi connectivity index (χ1v) is 9.46. The van der Waals surface area contributed by atoms with Crippen LogP contribution in [0.1, 0.15) is 38.2 Å². The number of hydrogen-bond acceptors (Lipinski definition) is 3. The summed E-state index contributed by atoms with van der Waals surface area (Å²) in [6, 6.07) is 7.46. The summed E-state index contributed by atoms with van der Waals surface area (Å²) in [5.41, 5.74) is 1.63. The van der Waals surface area contributed by atoms with E-state index in [-0.39, 0.29) is 23.9 Å². The van der Waals surface area contributed by atoms with E-state index >= 15 is 0 Å². The number of fused-ring (bicyclic) bond motifs is 2. The first-order chi connectivity index (χ1) is 12.5. The van der Waals surface area contributed by atoms with Crippen molar-refractivity contribution < 1.29 is 14.3 Å². The van der Waals surface area contributed by atoms with Gasteiger partial charge in [-0.3, -0.25) is 9.59 Å². The SMILES string of the molecule is COc1ccc(C[C@@]23C=C(C)CC[C@@H]2NC(=O)[C@@H]2CCCN2C3=O)cc1. The van der Waals surface area contributed by atoms with Gasteiger partial charge in [-0.15, -0.1) is 0 Å². The van der Waals surface area contributed by atoms with Gasteiger partial charge in [0.15, 0.2) is 0 Å². The Morgan fingerprint density at radius 1 is 1.23 bits per heavy atom. The number of ether oxygens (including phenoxy) is 1. The molecule has 1 N–H and O–H groups in total. The van der Waals surface area contributed by atoms with E-state index in [2.05, 4.69) is 18.3 Å². The number of nitrogens with one attached hydrogen (secondary N) is 1. The fourth-order valence-corrected chi connectivity index (χ4v) is 4.80. The molecule has 3 atom stereocenters. The summed E-state index contributed by atoms with van der Waals surface area (Å²) >= 11 is 0. The second-order valence-electron chi connectivity index (χ2n) is 7.81. The summed E-state index contributed by atoms with van der Waals surface area (Å²) < 4.78 is 5.25. The van der Waals surface area contributed by atoms with E-state index in [1.807, 2.05) is 29.2 Å². The van der Waals surface area contributed by atoms with Crippen molar-refractivity contribution in [3.63, 3.8) is 0 Å². The van der Waals surface area contributed by atoms with Crippen LogP contribution in [0.25, 0.3) is 0 Å². The molecule has 138 valence electrons. The molecule has 0 aromatic heterocycles. The largest absolute Gasteiger partial charge is 0.497 e. The Bertz CT molecular complexity index is 755. The van der Waals surface area contributed by atoms with Crippen LogP contribution in [0.3, 0.4) is 0 Å². The highest BCUT2D eigenvalue weighted by molar-refractivity contribution is 5.95. The first-order valence-electron chi connectivity index (χ1n) is 9.46. The van der Waals surface area contributed by atoms with Gasteiger partial charge in [-0.2, -0.15) is 0 Å². The van der Waals surface area contributed by atoms with Crippen LogP contribution in [-0.4, -0.2) is 42.5 Å². The van der Waals surface area contributed by atoms with E-state index in [1.165, 1.54) is 5.57 Å². The van der Waals surface area contributed by atoms with Gasteiger partial charge in [-0.1, -0.05) is 23.8 Å². The maximum Gasteiger partial charge on any atom is 0.243 e. The van der Waals surface area contributed by atoms with Crippen molar-refractivity contribution in [3.8, 4) is 5.75 Å².